The third-order valence-electron chi connectivity index (χ3n) is 3.79. The number of carbonyl (C=O) groups excluding carboxylic acids is 1. The Balaban J connectivity index is 1.93. The molecule has 0 aliphatic rings. The van der Waals surface area contributed by atoms with E-state index in [4.69, 9.17) is 10.5 Å². The van der Waals surface area contributed by atoms with E-state index in [1.54, 1.807) is 18.2 Å². The van der Waals surface area contributed by atoms with Crippen LogP contribution in [0.5, 0.6) is 5.75 Å². The van der Waals surface area contributed by atoms with E-state index in [-0.39, 0.29) is 29.2 Å². The molecule has 1 amide bonds. The normalized spacial score (nSPS) is 10.9. The summed E-state index contributed by atoms with van der Waals surface area (Å²) in [7, 11) is 0. The molecule has 0 bridgehead atoms. The van der Waals surface area contributed by atoms with Gasteiger partial charge in [-0.2, -0.15) is 4.39 Å². The van der Waals surface area contributed by atoms with Gasteiger partial charge in [-0.3, -0.25) is 4.79 Å². The Morgan fingerprint density at radius 3 is 2.81 bits per heavy atom. The van der Waals surface area contributed by atoms with Crippen LogP contribution >= 0.6 is 0 Å². The summed E-state index contributed by atoms with van der Waals surface area (Å²) in [6.45, 7) is 2.41. The first-order valence-electron chi connectivity index (χ1n) is 8.78. The summed E-state index contributed by atoms with van der Waals surface area (Å²) in [4.78, 5) is 15.5. The maximum absolute atomic E-state index is 14.5. The molecule has 5 nitrogen and oxygen atoms in total. The van der Waals surface area contributed by atoms with E-state index in [1.165, 1.54) is 6.07 Å². The molecule has 3 N–H and O–H groups in total. The average molecular weight is 375 g/mol. The number of ether oxygens (including phenoxy) is 1. The molecule has 0 saturated heterocycles. The average Bonchev–Trinajstić information content (AvgIpc) is 2.64. The lowest BCUT2D eigenvalue weighted by atomic mass is 10.2. The zero-order chi connectivity index (χ0) is 19.6. The Morgan fingerprint density at radius 1 is 1.26 bits per heavy atom. The second-order valence-corrected chi connectivity index (χ2v) is 5.85. The van der Waals surface area contributed by atoms with Gasteiger partial charge >= 0.3 is 0 Å². The van der Waals surface area contributed by atoms with Crippen LogP contribution in [0.2, 0.25) is 0 Å². The van der Waals surface area contributed by atoms with Gasteiger partial charge in [0.2, 0.25) is 5.95 Å². The number of anilines is 1. The minimum Gasteiger partial charge on any atom is -0.490 e. The number of rotatable bonds is 9. The Labute approximate surface area is 157 Å². The van der Waals surface area contributed by atoms with Gasteiger partial charge in [0, 0.05) is 12.1 Å². The molecule has 1 aromatic carbocycles. The maximum Gasteiger partial charge on any atom is 0.255 e. The Hall–Kier alpha value is -2.96. The first-order valence-corrected chi connectivity index (χ1v) is 8.78. The van der Waals surface area contributed by atoms with Crippen molar-refractivity contribution in [2.24, 2.45) is 0 Å². The topological polar surface area (TPSA) is 77.2 Å². The number of benzene rings is 1. The molecular weight excluding hydrogens is 352 g/mol. The van der Waals surface area contributed by atoms with Crippen molar-refractivity contribution in [1.82, 2.24) is 10.3 Å². The Kier molecular flexibility index (Phi) is 7.73. The van der Waals surface area contributed by atoms with Crippen LogP contribution < -0.4 is 15.8 Å². The summed E-state index contributed by atoms with van der Waals surface area (Å²) in [6, 6.07) is 7.03. The third-order valence-corrected chi connectivity index (χ3v) is 3.79. The second kappa shape index (κ2) is 10.3. The number of hydrogen-bond acceptors (Lipinski definition) is 4. The van der Waals surface area contributed by atoms with Crippen LogP contribution in [0.1, 0.15) is 42.1 Å². The van der Waals surface area contributed by atoms with E-state index < -0.39 is 17.7 Å². The highest BCUT2D eigenvalue weighted by atomic mass is 19.1. The number of hydrogen-bond donors (Lipinski definition) is 2. The molecule has 0 aliphatic heterocycles. The molecule has 0 atom stereocenters. The van der Waals surface area contributed by atoms with Crippen molar-refractivity contribution in [3.63, 3.8) is 0 Å². The summed E-state index contributed by atoms with van der Waals surface area (Å²) in [5.41, 5.74) is 5.84. The monoisotopic (exact) mass is 375 g/mol. The van der Waals surface area contributed by atoms with Crippen LogP contribution in [-0.2, 0) is 6.54 Å². The smallest absolute Gasteiger partial charge is 0.255 e. The van der Waals surface area contributed by atoms with Gasteiger partial charge in [0.25, 0.3) is 5.91 Å². The zero-order valence-corrected chi connectivity index (χ0v) is 15.2. The Morgan fingerprint density at radius 2 is 2.07 bits per heavy atom. The van der Waals surface area contributed by atoms with E-state index in [2.05, 4.69) is 29.4 Å². The van der Waals surface area contributed by atoms with Crippen LogP contribution in [-0.4, -0.2) is 17.5 Å². The predicted molar refractivity (Wildman–Crippen MR) is 100 cm³/mol. The minimum absolute atomic E-state index is 0.0318. The number of aromatic nitrogens is 1. The third kappa shape index (κ3) is 6.06. The van der Waals surface area contributed by atoms with E-state index >= 15 is 0 Å². The van der Waals surface area contributed by atoms with Gasteiger partial charge in [-0.05, 0) is 37.5 Å². The molecule has 1 heterocycles. The molecule has 0 saturated carbocycles. The van der Waals surface area contributed by atoms with Crippen LogP contribution in [0.15, 0.2) is 42.5 Å². The van der Waals surface area contributed by atoms with Gasteiger partial charge in [-0.1, -0.05) is 31.2 Å². The molecule has 1 aromatic heterocycles. The summed E-state index contributed by atoms with van der Waals surface area (Å²) >= 11 is 0. The number of nitrogen functional groups attached to an aromatic ring is 1. The number of halogens is 2. The molecule has 0 aliphatic carbocycles. The number of nitrogens with zero attached hydrogens (tertiary/aromatic N) is 1. The number of pyridine rings is 1. The van der Waals surface area contributed by atoms with Gasteiger partial charge in [-0.25, -0.2) is 9.37 Å². The summed E-state index contributed by atoms with van der Waals surface area (Å²) < 4.78 is 33.0. The van der Waals surface area contributed by atoms with Crippen molar-refractivity contribution in [2.75, 3.05) is 12.3 Å². The molecule has 2 rings (SSSR count). The zero-order valence-electron chi connectivity index (χ0n) is 15.2. The van der Waals surface area contributed by atoms with Gasteiger partial charge in [0.15, 0.2) is 11.6 Å². The lowest BCUT2D eigenvalue weighted by Crippen LogP contribution is -2.25. The quantitative estimate of drug-likeness (QED) is 0.395. The lowest BCUT2D eigenvalue weighted by Gasteiger charge is -2.11. The highest BCUT2D eigenvalue weighted by Crippen LogP contribution is 2.21. The summed E-state index contributed by atoms with van der Waals surface area (Å²) in [5, 5.41) is 2.55. The van der Waals surface area contributed by atoms with Crippen molar-refractivity contribution in [1.29, 1.82) is 0 Å². The number of amides is 1. The lowest BCUT2D eigenvalue weighted by molar-refractivity contribution is 0.0951. The number of carbonyl (C=O) groups is 1. The molecule has 0 unspecified atom stereocenters. The van der Waals surface area contributed by atoms with Gasteiger partial charge in [0.1, 0.15) is 5.82 Å². The van der Waals surface area contributed by atoms with Gasteiger partial charge in [0.05, 0.1) is 12.2 Å². The SMILES string of the molecule is CCC=CCCCOc1cccc(CNC(=O)c2ccc(F)nc2N)c1F. The standard InChI is InChI=1S/C20H23F2N3O2/c1-2-3-4-5-6-12-27-16-9-7-8-14(18(16)22)13-24-20(26)15-10-11-17(21)25-19(15)23/h3-4,7-11H,2,5-6,12-13H2,1H3,(H2,23,25)(H,24,26). The van der Waals surface area contributed by atoms with E-state index in [9.17, 15) is 13.6 Å². The molecule has 2 aromatic rings. The van der Waals surface area contributed by atoms with Crippen LogP contribution in [0, 0.1) is 11.8 Å². The van der Waals surface area contributed by atoms with E-state index in [0.29, 0.717) is 6.61 Å². The van der Waals surface area contributed by atoms with Gasteiger partial charge < -0.3 is 15.8 Å². The van der Waals surface area contributed by atoms with Crippen LogP contribution in [0.25, 0.3) is 0 Å². The summed E-state index contributed by atoms with van der Waals surface area (Å²) in [5.74, 6) is -1.93. The highest BCUT2D eigenvalue weighted by molar-refractivity contribution is 5.98. The number of allylic oxidation sites excluding steroid dienone is 2. The first kappa shape index (κ1) is 20.4. The molecule has 144 valence electrons. The number of nitrogens with one attached hydrogen (secondary N) is 1. The largest absolute Gasteiger partial charge is 0.490 e. The molecule has 0 fully saturated rings. The molecule has 27 heavy (non-hydrogen) atoms. The van der Waals surface area contributed by atoms with Gasteiger partial charge in [-0.15, -0.1) is 0 Å². The number of unbranched alkanes of at least 4 members (excludes halogenated alkanes) is 1. The summed E-state index contributed by atoms with van der Waals surface area (Å²) in [6.07, 6.45) is 6.80. The first-order chi connectivity index (χ1) is 13.0. The van der Waals surface area contributed by atoms with Crippen molar-refractivity contribution in [3.8, 4) is 5.75 Å². The molecular formula is C20H23F2N3O2. The molecule has 0 spiro atoms. The fraction of sp³-hybridized carbons (Fsp3) is 0.300. The van der Waals surface area contributed by atoms with Crippen molar-refractivity contribution in [2.45, 2.75) is 32.7 Å². The van der Waals surface area contributed by atoms with Crippen molar-refractivity contribution in [3.05, 3.63) is 65.4 Å². The second-order valence-electron chi connectivity index (χ2n) is 5.85. The van der Waals surface area contributed by atoms with E-state index in [0.717, 1.165) is 25.3 Å². The fourth-order valence-electron chi connectivity index (χ4n) is 2.38. The highest BCUT2D eigenvalue weighted by Gasteiger charge is 2.14. The minimum atomic E-state index is -0.773. The van der Waals surface area contributed by atoms with E-state index in [1.807, 2.05) is 0 Å². The number of nitrogens with two attached hydrogens (primary N) is 1. The maximum atomic E-state index is 14.5. The van der Waals surface area contributed by atoms with Crippen molar-refractivity contribution < 1.29 is 18.3 Å². The Bertz CT molecular complexity index is 810. The fourth-order valence-corrected chi connectivity index (χ4v) is 2.38. The van der Waals surface area contributed by atoms with Crippen molar-refractivity contribution >= 4 is 11.7 Å². The van der Waals surface area contributed by atoms with Crippen LogP contribution in [0.4, 0.5) is 14.6 Å². The molecule has 7 heteroatoms. The van der Waals surface area contributed by atoms with Crippen LogP contribution in [0.3, 0.4) is 0 Å². The predicted octanol–water partition coefficient (Wildman–Crippen LogP) is 4.00. The molecule has 0 radical (unpaired) electrons.